The Morgan fingerprint density at radius 3 is 2.36 bits per heavy atom. The molecule has 1 aliphatic heterocycles. The Balaban J connectivity index is 1.20. The van der Waals surface area contributed by atoms with Gasteiger partial charge in [0.1, 0.15) is 17.1 Å². The highest BCUT2D eigenvalue weighted by Crippen LogP contribution is 2.37. The molecule has 50 heavy (non-hydrogen) atoms. The first-order chi connectivity index (χ1) is 24.2. The molecule has 0 radical (unpaired) electrons. The zero-order valence-electron chi connectivity index (χ0n) is 27.0. The summed E-state index contributed by atoms with van der Waals surface area (Å²) in [5.41, 5.74) is 1.33. The number of halogens is 2. The number of anilines is 2. The van der Waals surface area contributed by atoms with Crippen LogP contribution in [0.15, 0.2) is 109 Å². The number of nitrogens with one attached hydrogen (secondary N) is 1. The van der Waals surface area contributed by atoms with Crippen LogP contribution in [0.3, 0.4) is 0 Å². The van der Waals surface area contributed by atoms with Gasteiger partial charge in [-0.25, -0.2) is 8.78 Å². The van der Waals surface area contributed by atoms with Gasteiger partial charge in [-0.15, -0.1) is 0 Å². The molecule has 0 bridgehead atoms. The summed E-state index contributed by atoms with van der Waals surface area (Å²) in [6, 6.07) is 23.1. The highest BCUT2D eigenvalue weighted by atomic mass is 19.1. The smallest absolute Gasteiger partial charge is 0.268 e. The summed E-state index contributed by atoms with van der Waals surface area (Å²) in [5, 5.41) is 14.3. The van der Waals surface area contributed by atoms with Crippen molar-refractivity contribution in [3.8, 4) is 23.0 Å². The molecule has 0 fully saturated rings. The van der Waals surface area contributed by atoms with Crippen molar-refractivity contribution in [2.45, 2.75) is 13.0 Å². The SMILES string of the molecule is COc1cc2nccc(Oc3ccc(NC(=O)C4=CN(CCOCc5ccccc5)C(O)N(c5ccc(F)cc5)C4=O)cc3F)c2cc1OC. The van der Waals surface area contributed by atoms with Crippen LogP contribution in [-0.2, 0) is 20.9 Å². The van der Waals surface area contributed by atoms with E-state index in [1.807, 2.05) is 30.3 Å². The van der Waals surface area contributed by atoms with E-state index in [-0.39, 0.29) is 35.8 Å². The van der Waals surface area contributed by atoms with Crippen LogP contribution in [0.1, 0.15) is 5.56 Å². The third-order valence-electron chi connectivity index (χ3n) is 7.84. The van der Waals surface area contributed by atoms with E-state index in [0.717, 1.165) is 28.7 Å². The van der Waals surface area contributed by atoms with E-state index in [1.54, 1.807) is 18.2 Å². The lowest BCUT2D eigenvalue weighted by Gasteiger charge is -2.39. The summed E-state index contributed by atoms with van der Waals surface area (Å²) < 4.78 is 51.5. The van der Waals surface area contributed by atoms with Gasteiger partial charge in [0, 0.05) is 47.8 Å². The number of carbonyl (C=O) groups is 2. The van der Waals surface area contributed by atoms with Gasteiger partial charge < -0.3 is 34.3 Å². The maximum atomic E-state index is 15.4. The largest absolute Gasteiger partial charge is 0.493 e. The highest BCUT2D eigenvalue weighted by Gasteiger charge is 2.37. The quantitative estimate of drug-likeness (QED) is 0.121. The van der Waals surface area contributed by atoms with Crippen molar-refractivity contribution in [3.63, 3.8) is 0 Å². The second kappa shape index (κ2) is 15.0. The Hall–Kier alpha value is -6.05. The molecule has 11 nitrogen and oxygen atoms in total. The van der Waals surface area contributed by atoms with Gasteiger partial charge in [-0.2, -0.15) is 0 Å². The molecule has 0 saturated carbocycles. The number of ether oxygens (including phenoxy) is 4. The normalized spacial score (nSPS) is 14.4. The number of hydrogen-bond donors (Lipinski definition) is 2. The van der Waals surface area contributed by atoms with Crippen LogP contribution >= 0.6 is 0 Å². The molecular weight excluding hydrogens is 650 g/mol. The number of aliphatic hydroxyl groups is 1. The number of amides is 2. The predicted octanol–water partition coefficient (Wildman–Crippen LogP) is 5.99. The first-order valence-corrected chi connectivity index (χ1v) is 15.4. The zero-order valence-corrected chi connectivity index (χ0v) is 27.0. The summed E-state index contributed by atoms with van der Waals surface area (Å²) in [6.45, 7) is 0.551. The molecule has 13 heteroatoms. The Kier molecular flexibility index (Phi) is 10.2. The van der Waals surface area contributed by atoms with E-state index in [1.165, 1.54) is 55.8 Å². The van der Waals surface area contributed by atoms with Crippen molar-refractivity contribution in [1.82, 2.24) is 9.88 Å². The van der Waals surface area contributed by atoms with Crippen molar-refractivity contribution in [1.29, 1.82) is 0 Å². The highest BCUT2D eigenvalue weighted by molar-refractivity contribution is 6.27. The summed E-state index contributed by atoms with van der Waals surface area (Å²) >= 11 is 0. The monoisotopic (exact) mass is 682 g/mol. The maximum absolute atomic E-state index is 15.4. The van der Waals surface area contributed by atoms with Crippen molar-refractivity contribution in [2.75, 3.05) is 37.6 Å². The number of hydrogen-bond acceptors (Lipinski definition) is 9. The van der Waals surface area contributed by atoms with Gasteiger partial charge in [-0.3, -0.25) is 19.5 Å². The molecule has 0 spiro atoms. The lowest BCUT2D eigenvalue weighted by Crippen LogP contribution is -2.55. The standard InChI is InChI=1S/C37H32F2N4O7/c1-47-33-19-27-30(20-34(33)48-2)40-15-14-31(27)50-32-13-10-25(18-29(32)39)41-35(44)28-21-42(16-17-49-22-23-6-4-3-5-7-23)37(46)43(36(28)45)26-11-8-24(38)9-12-26/h3-15,18-21,37,46H,16-17,22H2,1-2H3,(H,41,44). The average Bonchev–Trinajstić information content (AvgIpc) is 3.12. The van der Waals surface area contributed by atoms with Crippen LogP contribution in [0.4, 0.5) is 20.2 Å². The predicted molar refractivity (Wildman–Crippen MR) is 181 cm³/mol. The van der Waals surface area contributed by atoms with Gasteiger partial charge in [0.05, 0.1) is 33.0 Å². The van der Waals surface area contributed by atoms with Crippen LogP contribution in [-0.4, -0.2) is 60.5 Å². The number of nitrogens with zero attached hydrogens (tertiary/aromatic N) is 3. The number of methoxy groups -OCH3 is 2. The van der Waals surface area contributed by atoms with E-state index < -0.39 is 29.8 Å². The van der Waals surface area contributed by atoms with Gasteiger partial charge in [0.25, 0.3) is 11.8 Å². The average molecular weight is 683 g/mol. The number of benzene rings is 4. The van der Waals surface area contributed by atoms with E-state index in [2.05, 4.69) is 10.3 Å². The number of carbonyl (C=O) groups excluding carboxylic acids is 2. The molecule has 6 rings (SSSR count). The first-order valence-electron chi connectivity index (χ1n) is 15.4. The lowest BCUT2D eigenvalue weighted by molar-refractivity contribution is -0.124. The van der Waals surface area contributed by atoms with E-state index in [9.17, 15) is 19.1 Å². The number of rotatable bonds is 12. The Morgan fingerprint density at radius 2 is 1.64 bits per heavy atom. The molecule has 2 heterocycles. The minimum atomic E-state index is -1.52. The van der Waals surface area contributed by atoms with E-state index >= 15 is 4.39 Å². The van der Waals surface area contributed by atoms with Crippen molar-refractivity contribution in [2.24, 2.45) is 0 Å². The third kappa shape index (κ3) is 7.33. The minimum Gasteiger partial charge on any atom is -0.493 e. The van der Waals surface area contributed by atoms with Crippen molar-refractivity contribution >= 4 is 34.1 Å². The first kappa shape index (κ1) is 33.8. The van der Waals surface area contributed by atoms with Gasteiger partial charge in [-0.05, 0) is 54.1 Å². The van der Waals surface area contributed by atoms with Crippen LogP contribution in [0.25, 0.3) is 10.9 Å². The Bertz CT molecular complexity index is 2040. The van der Waals surface area contributed by atoms with Crippen LogP contribution in [0.5, 0.6) is 23.0 Å². The van der Waals surface area contributed by atoms with Crippen LogP contribution in [0, 0.1) is 11.6 Å². The van der Waals surface area contributed by atoms with Gasteiger partial charge in [0.15, 0.2) is 23.1 Å². The molecule has 1 atom stereocenters. The van der Waals surface area contributed by atoms with E-state index in [4.69, 9.17) is 18.9 Å². The second-order valence-corrected chi connectivity index (χ2v) is 11.1. The van der Waals surface area contributed by atoms with Gasteiger partial charge in [-0.1, -0.05) is 30.3 Å². The lowest BCUT2D eigenvalue weighted by atomic mass is 10.1. The van der Waals surface area contributed by atoms with Gasteiger partial charge in [0.2, 0.25) is 6.35 Å². The summed E-state index contributed by atoms with van der Waals surface area (Å²) in [6.07, 6.45) is 1.21. The summed E-state index contributed by atoms with van der Waals surface area (Å²) in [4.78, 5) is 33.8. The Labute approximate surface area is 285 Å². The van der Waals surface area contributed by atoms with Gasteiger partial charge >= 0.3 is 0 Å². The number of fused-ring (bicyclic) bond motifs is 1. The summed E-state index contributed by atoms with van der Waals surface area (Å²) in [7, 11) is 3.00. The fourth-order valence-corrected chi connectivity index (χ4v) is 5.31. The molecule has 5 aromatic rings. The molecule has 0 saturated heterocycles. The third-order valence-corrected chi connectivity index (χ3v) is 7.84. The maximum Gasteiger partial charge on any atom is 0.268 e. The molecule has 2 amide bonds. The van der Waals surface area contributed by atoms with E-state index in [0.29, 0.717) is 34.8 Å². The fourth-order valence-electron chi connectivity index (χ4n) is 5.31. The second-order valence-electron chi connectivity index (χ2n) is 11.1. The van der Waals surface area contributed by atoms with Crippen LogP contribution in [0.2, 0.25) is 0 Å². The number of pyridine rings is 1. The van der Waals surface area contributed by atoms with Crippen molar-refractivity contribution < 1.29 is 42.4 Å². The van der Waals surface area contributed by atoms with Crippen molar-refractivity contribution in [3.05, 3.63) is 126 Å². The molecule has 1 aromatic heterocycles. The summed E-state index contributed by atoms with van der Waals surface area (Å²) in [5.74, 6) is -1.97. The fraction of sp³-hybridized carbons (Fsp3) is 0.162. The Morgan fingerprint density at radius 1 is 0.900 bits per heavy atom. The number of aliphatic hydroxyl groups excluding tert-OH is 1. The molecule has 2 N–H and O–H groups in total. The molecular formula is C37H32F2N4O7. The molecule has 0 aliphatic carbocycles. The topological polar surface area (TPSA) is 123 Å². The molecule has 1 aliphatic rings. The number of aromatic nitrogens is 1. The minimum absolute atomic E-state index is 0.0386. The molecule has 256 valence electrons. The molecule has 4 aromatic carbocycles. The zero-order chi connectivity index (χ0) is 35.2. The van der Waals surface area contributed by atoms with Crippen LogP contribution < -0.4 is 24.4 Å². The molecule has 1 unspecified atom stereocenters.